The first kappa shape index (κ1) is 30.7. The Kier molecular flexibility index (Phi) is 8.36. The van der Waals surface area contributed by atoms with Gasteiger partial charge in [0.1, 0.15) is 0 Å². The largest absolute Gasteiger partial charge is 0.310 e. The molecule has 584 valence electrons. The summed E-state index contributed by atoms with van der Waals surface area (Å²) in [6, 6.07) is -58.1. The van der Waals surface area contributed by atoms with Crippen LogP contribution in [0.25, 0.3) is 166 Å². The maximum absolute atomic E-state index is 10.1. The number of fused-ring (bicyclic) bond motifs is 6. The second-order valence-corrected chi connectivity index (χ2v) is 25.9. The van der Waals surface area contributed by atoms with Crippen molar-refractivity contribution in [3.8, 4) is 123 Å². The first-order valence-electron chi connectivity index (χ1n) is 72.7. The molecule has 0 bridgehead atoms. The summed E-state index contributed by atoms with van der Waals surface area (Å²) in [4.78, 5) is 0.593. The minimum atomic E-state index is -1.48. The second-order valence-electron chi connectivity index (χ2n) is 25.9. The Balaban J connectivity index is 0.000000218. The van der Waals surface area contributed by atoms with Gasteiger partial charge < -0.3 is 18.9 Å². The van der Waals surface area contributed by atoms with Crippen LogP contribution in [0.4, 0.5) is 34.1 Å². The van der Waals surface area contributed by atoms with E-state index in [1.54, 1.807) is 18.2 Å². The molecule has 124 heavy (non-hydrogen) atoms. The van der Waals surface area contributed by atoms with Gasteiger partial charge in [0.25, 0.3) is 0 Å². The van der Waals surface area contributed by atoms with Crippen LogP contribution < -0.4 is 9.80 Å². The molecule has 0 aliphatic heterocycles. The fourth-order valence-corrected chi connectivity index (χ4v) is 13.0. The van der Waals surface area contributed by atoms with Gasteiger partial charge in [0.05, 0.1) is 121 Å². The summed E-state index contributed by atoms with van der Waals surface area (Å²) >= 11 is 0. The molecule has 0 aliphatic carbocycles. The molecule has 4 nitrogen and oxygen atoms in total. The van der Waals surface area contributed by atoms with Crippen LogP contribution >= 0.6 is 0 Å². The molecule has 2 aromatic heterocycles. The lowest BCUT2D eigenvalue weighted by atomic mass is 9.99. The predicted octanol–water partition coefficient (Wildman–Crippen LogP) is 33.2. The molecule has 22 rings (SSSR count). The van der Waals surface area contributed by atoms with Gasteiger partial charge in [-0.05, 0) is 244 Å². The first-order valence-corrected chi connectivity index (χ1v) is 36.7. The molecule has 0 fully saturated rings. The van der Waals surface area contributed by atoms with E-state index in [0.29, 0.717) is 25.8 Å². The third-order valence-corrected chi connectivity index (χ3v) is 18.6. The number of hydrogen-bond acceptors (Lipinski definition) is 2. The van der Waals surface area contributed by atoms with Gasteiger partial charge in [-0.3, -0.25) is 0 Å². The third-order valence-electron chi connectivity index (χ3n) is 18.6. The Labute approximate surface area is 825 Å². The Morgan fingerprint density at radius 1 is 0.153 bits per heavy atom. The predicted molar refractivity (Wildman–Crippen MR) is 525 cm³/mol. The van der Waals surface area contributed by atoms with Gasteiger partial charge in [0, 0.05) is 67.0 Å². The Hall–Kier alpha value is -16.4. The van der Waals surface area contributed by atoms with E-state index in [1.165, 1.54) is 6.07 Å². The second kappa shape index (κ2) is 33.8. The topological polar surface area (TPSA) is 16.3 Å². The summed E-state index contributed by atoms with van der Waals surface area (Å²) in [5.41, 5.74) is -24.7. The molecule has 22 aromatic rings. The van der Waals surface area contributed by atoms with Crippen molar-refractivity contribution in [2.24, 2.45) is 0 Å². The van der Waals surface area contributed by atoms with Gasteiger partial charge in [-0.1, -0.05) is 375 Å². The van der Waals surface area contributed by atoms with Gasteiger partial charge >= 0.3 is 0 Å². The van der Waals surface area contributed by atoms with Crippen LogP contribution in [-0.2, 0) is 0 Å². The van der Waals surface area contributed by atoms with E-state index in [9.17, 15) is 48.0 Å². The monoisotopic (exact) mass is 1650 g/mol. The van der Waals surface area contributed by atoms with Crippen molar-refractivity contribution in [3.63, 3.8) is 0 Å². The Morgan fingerprint density at radius 2 is 0.444 bits per heavy atom. The molecular formula is C120H84N4. The van der Waals surface area contributed by atoms with E-state index in [0.717, 1.165) is 11.2 Å². The number of benzene rings is 20. The molecule has 4 heteroatoms. The minimum absolute atomic E-state index is 0.0637. The highest BCUT2D eigenvalue weighted by molar-refractivity contribution is 6.12. The summed E-state index contributed by atoms with van der Waals surface area (Å²) in [5.74, 6) is 0. The van der Waals surface area contributed by atoms with Crippen LogP contribution in [-0.4, -0.2) is 9.13 Å². The van der Waals surface area contributed by atoms with Crippen LogP contribution in [0.3, 0.4) is 0 Å². The SMILES string of the molecule is [2H]c1c([2H])c([2H])c(-c2c([2H])c([2H])c(-c3c([2H])c([2H])c(N(c4c([2H])c([2H])c(-c5c([2H])c([2H])c(-c6c([2H])c([2H])c([2H])c([2H])c6[2H])c([2H])c5[2H])c([2H])c4[2H])c4c([2H])c([2H])c([2H])c(-c5c([2H])c([2H])c6c(c5[2H])c5c([2H])c([2H])c([2H])c([2H])c5n6-c5c([2H])c([2H])c([2H])c([2H])c5[2H])c4[2H])c([2H])c3[2H])c([2H])c2[2H])c([2H])c1[2H].[2H]c1c([2H])c([2H])c(-c2c([2H])c([2H])c(-c3c([2H])c([2H])c(N(c4c([2H])c([2H])c(-c5c([2H])c([2H])c(-c6c([2H])c([2H])c([2H])c([2H])c6[2H])c([2H])c5[2H])c([2H])c4[2H])c4c([2H])c([2H])c([2H])c(-c5ccc6c(c5)c5ccccc5n6-c5ccccc5)c4[2H])c([2H])c3[2H])c([2H])c2[2H])c([2H])c1[2H]. The first-order chi connectivity index (χ1) is 91.5. The van der Waals surface area contributed by atoms with Crippen LogP contribution in [0.2, 0.25) is 0 Å². The van der Waals surface area contributed by atoms with Gasteiger partial charge in [0.15, 0.2) is 0 Å². The summed E-state index contributed by atoms with van der Waals surface area (Å²) in [7, 11) is 0. The Morgan fingerprint density at radius 3 is 0.847 bits per heavy atom. The lowest BCUT2D eigenvalue weighted by Crippen LogP contribution is -2.10. The normalized spacial score (nSPS) is 19.4. The van der Waals surface area contributed by atoms with Crippen LogP contribution in [0, 0.1) is 0 Å². The lowest BCUT2D eigenvalue weighted by Gasteiger charge is -2.26. The molecule has 0 unspecified atom stereocenters. The van der Waals surface area contributed by atoms with E-state index >= 15 is 0 Å². The quantitative estimate of drug-likeness (QED) is 0.0851. The zero-order chi connectivity index (χ0) is 145. The zero-order valence-electron chi connectivity index (χ0n) is 135. The molecule has 0 saturated carbocycles. The standard InChI is InChI=1S/2C60H42N2/c2*1-4-13-43(14-5-1)45-23-27-47(28-24-45)49-31-36-54(37-32-49)61(55-38-33-50(34-39-55)48-29-25-46(26-30-48)44-15-6-2-7-16-44)56-20-12-17-51(41-56)52-35-40-60-58(42-52)57-21-10-11-22-59(57)62(60)53-18-8-3-9-19-53/h2*1-42H/i1D,2D,3D,4D,5D,6D,7D,8D,9D,10D,11D,12D,13D,14D,15D,16D,17D,18D,19D,20D,21D,22D,23D,24D,25D,26D,27D,28D,29D,30D,31D,32D,33D,34D,35D,36D,37D,38D,39D,40D,41D,42D;1D,2D,4D,5D,6D,7D,12D,13D,14D,15D,16D,17D,20D,23D,24D,25D,26D,27D,28D,29D,30D,31D,32D,33D,34D,36D,37D,38D,39D,41D. The molecule has 0 N–H and O–H groups in total. The van der Waals surface area contributed by atoms with E-state index in [2.05, 4.69) is 0 Å². The highest BCUT2D eigenvalue weighted by Gasteiger charge is 2.21. The highest BCUT2D eigenvalue weighted by atomic mass is 15.1. The highest BCUT2D eigenvalue weighted by Crippen LogP contribution is 2.45. The summed E-state index contributed by atoms with van der Waals surface area (Å²) < 4.78 is 654. The number of rotatable bonds is 18. The van der Waals surface area contributed by atoms with E-state index in [4.69, 9.17) is 50.7 Å². The molecule has 0 amide bonds. The van der Waals surface area contributed by atoms with Gasteiger partial charge in [0.2, 0.25) is 0 Å². The van der Waals surface area contributed by atoms with Crippen LogP contribution in [0.15, 0.2) is 508 Å². The molecule has 0 aliphatic rings. The van der Waals surface area contributed by atoms with Crippen molar-refractivity contribution in [3.05, 3.63) is 508 Å². The number of aromatic nitrogens is 2. The Bertz CT molecular complexity index is 11500. The summed E-state index contributed by atoms with van der Waals surface area (Å²) in [5, 5.41) is -0.272. The summed E-state index contributed by atoms with van der Waals surface area (Å²) in [6.45, 7) is 0. The third kappa shape index (κ3) is 15.2. The molecule has 0 atom stereocenters. The molecule has 20 aromatic carbocycles. The van der Waals surface area contributed by atoms with Crippen molar-refractivity contribution >= 4 is 77.7 Å². The van der Waals surface area contributed by atoms with Crippen molar-refractivity contribution in [2.45, 2.75) is 0 Å². The van der Waals surface area contributed by atoms with Crippen LogP contribution in [0.1, 0.15) is 98.7 Å². The number of para-hydroxylation sites is 4. The number of anilines is 6. The molecule has 2 heterocycles. The molecular weight excluding hydrogens is 1500 g/mol. The van der Waals surface area contributed by atoms with Crippen molar-refractivity contribution in [2.75, 3.05) is 9.80 Å². The van der Waals surface area contributed by atoms with Crippen LogP contribution in [0.5, 0.6) is 0 Å². The molecule has 0 radical (unpaired) electrons. The number of nitrogens with zero attached hydrogens (tertiary/aromatic N) is 4. The van der Waals surface area contributed by atoms with E-state index in [-0.39, 0.29) is 10.5 Å². The van der Waals surface area contributed by atoms with Crippen molar-refractivity contribution in [1.29, 1.82) is 0 Å². The molecule has 0 spiro atoms. The maximum Gasteiger partial charge on any atom is 0.0651 e. The van der Waals surface area contributed by atoms with E-state index < -0.39 is 602 Å². The zero-order valence-corrected chi connectivity index (χ0v) is 62.7. The van der Waals surface area contributed by atoms with Crippen molar-refractivity contribution in [1.82, 2.24) is 9.13 Å². The number of hydrogen-bond donors (Lipinski definition) is 0. The van der Waals surface area contributed by atoms with E-state index in [1.807, 2.05) is 53.1 Å². The lowest BCUT2D eigenvalue weighted by molar-refractivity contribution is 1.18. The fraction of sp³-hybridized carbons (Fsp3) is 0. The van der Waals surface area contributed by atoms with Gasteiger partial charge in [-0.15, -0.1) is 0 Å². The average Bonchev–Trinajstić information content (AvgIpc) is 1.52. The van der Waals surface area contributed by atoms with Gasteiger partial charge in [-0.2, -0.15) is 0 Å². The van der Waals surface area contributed by atoms with Crippen molar-refractivity contribution < 1.29 is 98.7 Å². The fourth-order valence-electron chi connectivity index (χ4n) is 13.0. The smallest absolute Gasteiger partial charge is 0.0651 e. The summed E-state index contributed by atoms with van der Waals surface area (Å²) in [6.07, 6.45) is 0. The minimum Gasteiger partial charge on any atom is -0.310 e. The van der Waals surface area contributed by atoms with Gasteiger partial charge in [-0.25, -0.2) is 0 Å². The molecule has 0 saturated heterocycles. The average molecular weight is 1650 g/mol. The maximum atomic E-state index is 10.1.